The Morgan fingerprint density at radius 1 is 1.03 bits per heavy atom. The SMILES string of the molecule is CN(Cc1ccccc1)C(=O)c1ccc2c(c1)NC(=O)/C2=C\c1ccccc1F. The zero-order chi connectivity index (χ0) is 20.4. The van der Waals surface area contributed by atoms with Gasteiger partial charge in [0.2, 0.25) is 0 Å². The van der Waals surface area contributed by atoms with Crippen LogP contribution in [-0.4, -0.2) is 23.8 Å². The zero-order valence-electron chi connectivity index (χ0n) is 15.9. The molecule has 0 bridgehead atoms. The Bertz CT molecular complexity index is 1120. The molecule has 1 N–H and O–H groups in total. The Hall–Kier alpha value is -3.73. The molecule has 144 valence electrons. The van der Waals surface area contributed by atoms with Crippen molar-refractivity contribution in [3.63, 3.8) is 0 Å². The standard InChI is InChI=1S/C24H19FN2O2/c1-27(15-16-7-3-2-4-8-16)24(29)18-11-12-19-20(23(28)26-22(19)14-18)13-17-9-5-6-10-21(17)25/h2-14H,15H2,1H3,(H,26,28)/b20-13-. The van der Waals surface area contributed by atoms with Gasteiger partial charge in [0.05, 0.1) is 0 Å². The normalized spacial score (nSPS) is 13.9. The molecule has 29 heavy (non-hydrogen) atoms. The predicted octanol–water partition coefficient (Wildman–Crippen LogP) is 4.59. The van der Waals surface area contributed by atoms with E-state index >= 15 is 0 Å². The lowest BCUT2D eigenvalue weighted by atomic mass is 10.0. The molecule has 4 rings (SSSR count). The number of benzene rings is 3. The van der Waals surface area contributed by atoms with Crippen LogP contribution in [0.15, 0.2) is 72.8 Å². The lowest BCUT2D eigenvalue weighted by Gasteiger charge is -2.17. The number of halogens is 1. The molecule has 0 radical (unpaired) electrons. The number of hydrogen-bond acceptors (Lipinski definition) is 2. The average molecular weight is 386 g/mol. The molecule has 1 heterocycles. The first-order valence-electron chi connectivity index (χ1n) is 9.24. The summed E-state index contributed by atoms with van der Waals surface area (Å²) in [4.78, 5) is 26.8. The number of nitrogens with one attached hydrogen (secondary N) is 1. The minimum absolute atomic E-state index is 0.141. The molecule has 3 aromatic carbocycles. The number of rotatable bonds is 4. The molecule has 3 aromatic rings. The third-order valence-corrected chi connectivity index (χ3v) is 4.86. The van der Waals surface area contributed by atoms with Gasteiger partial charge in [0.25, 0.3) is 11.8 Å². The molecule has 0 atom stereocenters. The fraction of sp³-hybridized carbons (Fsp3) is 0.0833. The van der Waals surface area contributed by atoms with Gasteiger partial charge in [-0.25, -0.2) is 4.39 Å². The minimum atomic E-state index is -0.393. The van der Waals surface area contributed by atoms with Crippen molar-refractivity contribution in [1.29, 1.82) is 0 Å². The summed E-state index contributed by atoms with van der Waals surface area (Å²) in [6.45, 7) is 0.488. The topological polar surface area (TPSA) is 49.4 Å². The van der Waals surface area contributed by atoms with Crippen LogP contribution in [0.2, 0.25) is 0 Å². The van der Waals surface area contributed by atoms with Crippen LogP contribution in [0.5, 0.6) is 0 Å². The average Bonchev–Trinajstić information content (AvgIpc) is 3.04. The summed E-state index contributed by atoms with van der Waals surface area (Å²) in [6.07, 6.45) is 1.53. The van der Waals surface area contributed by atoms with E-state index in [4.69, 9.17) is 0 Å². The Morgan fingerprint density at radius 2 is 1.76 bits per heavy atom. The molecule has 1 aliphatic rings. The van der Waals surface area contributed by atoms with Gasteiger partial charge in [-0.15, -0.1) is 0 Å². The number of hydrogen-bond donors (Lipinski definition) is 1. The van der Waals surface area contributed by atoms with E-state index in [2.05, 4.69) is 5.32 Å². The van der Waals surface area contributed by atoms with Gasteiger partial charge in [0, 0.05) is 41.5 Å². The van der Waals surface area contributed by atoms with Gasteiger partial charge >= 0.3 is 0 Å². The molecule has 0 aliphatic carbocycles. The van der Waals surface area contributed by atoms with Crippen LogP contribution in [0.3, 0.4) is 0 Å². The first-order chi connectivity index (χ1) is 14.0. The molecule has 0 saturated carbocycles. The van der Waals surface area contributed by atoms with Crippen molar-refractivity contribution in [2.75, 3.05) is 12.4 Å². The van der Waals surface area contributed by atoms with Crippen LogP contribution in [0.1, 0.15) is 27.0 Å². The molecule has 1 aliphatic heterocycles. The maximum atomic E-state index is 14.0. The molecule has 0 aromatic heterocycles. The molecule has 4 nitrogen and oxygen atoms in total. The number of fused-ring (bicyclic) bond motifs is 1. The number of amides is 2. The van der Waals surface area contributed by atoms with Crippen molar-refractivity contribution >= 4 is 29.2 Å². The molecule has 0 saturated heterocycles. The predicted molar refractivity (Wildman–Crippen MR) is 112 cm³/mol. The highest BCUT2D eigenvalue weighted by Crippen LogP contribution is 2.34. The Morgan fingerprint density at radius 3 is 2.52 bits per heavy atom. The Kier molecular flexibility index (Phi) is 4.96. The van der Waals surface area contributed by atoms with E-state index in [9.17, 15) is 14.0 Å². The second kappa shape index (κ2) is 7.72. The fourth-order valence-corrected chi connectivity index (χ4v) is 3.37. The monoisotopic (exact) mass is 386 g/mol. The van der Waals surface area contributed by atoms with Crippen LogP contribution >= 0.6 is 0 Å². The molecular formula is C24H19FN2O2. The van der Waals surface area contributed by atoms with Gasteiger partial charge < -0.3 is 10.2 Å². The highest BCUT2D eigenvalue weighted by molar-refractivity contribution is 6.35. The number of carbonyl (C=O) groups is 2. The van der Waals surface area contributed by atoms with Crippen LogP contribution in [0.4, 0.5) is 10.1 Å². The third kappa shape index (κ3) is 3.80. The summed E-state index contributed by atoms with van der Waals surface area (Å²) in [7, 11) is 1.74. The van der Waals surface area contributed by atoms with Crippen molar-refractivity contribution in [3.05, 3.63) is 101 Å². The van der Waals surface area contributed by atoms with E-state index in [-0.39, 0.29) is 11.8 Å². The number of anilines is 1. The minimum Gasteiger partial charge on any atom is -0.337 e. The summed E-state index contributed by atoms with van der Waals surface area (Å²) in [5.74, 6) is -0.849. The lowest BCUT2D eigenvalue weighted by molar-refractivity contribution is -0.110. The summed E-state index contributed by atoms with van der Waals surface area (Å²) < 4.78 is 14.0. The van der Waals surface area contributed by atoms with Crippen LogP contribution in [-0.2, 0) is 11.3 Å². The highest BCUT2D eigenvalue weighted by Gasteiger charge is 2.26. The van der Waals surface area contributed by atoms with Crippen molar-refractivity contribution in [1.82, 2.24) is 4.90 Å². The fourth-order valence-electron chi connectivity index (χ4n) is 3.37. The maximum absolute atomic E-state index is 14.0. The van der Waals surface area contributed by atoms with Gasteiger partial charge in [0.1, 0.15) is 5.82 Å². The highest BCUT2D eigenvalue weighted by atomic mass is 19.1. The van der Waals surface area contributed by atoms with Crippen LogP contribution < -0.4 is 5.32 Å². The summed E-state index contributed by atoms with van der Waals surface area (Å²) in [5.41, 5.74) is 3.44. The van der Waals surface area contributed by atoms with Crippen LogP contribution in [0, 0.1) is 5.82 Å². The summed E-state index contributed by atoms with van der Waals surface area (Å²) >= 11 is 0. The molecule has 2 amide bonds. The molecule has 0 spiro atoms. The van der Waals surface area contributed by atoms with Crippen LogP contribution in [0.25, 0.3) is 11.6 Å². The summed E-state index contributed by atoms with van der Waals surface area (Å²) in [6, 6.07) is 21.1. The second-order valence-corrected chi connectivity index (χ2v) is 6.94. The first-order valence-corrected chi connectivity index (χ1v) is 9.24. The first kappa shape index (κ1) is 18.6. The smallest absolute Gasteiger partial charge is 0.256 e. The van der Waals surface area contributed by atoms with E-state index < -0.39 is 5.82 Å². The Labute approximate surface area is 168 Å². The lowest BCUT2D eigenvalue weighted by Crippen LogP contribution is -2.26. The molecular weight excluding hydrogens is 367 g/mol. The second-order valence-electron chi connectivity index (χ2n) is 6.94. The van der Waals surface area contributed by atoms with E-state index in [0.29, 0.717) is 34.5 Å². The zero-order valence-corrected chi connectivity index (χ0v) is 15.9. The quantitative estimate of drug-likeness (QED) is 0.667. The Balaban J connectivity index is 1.60. The van der Waals surface area contributed by atoms with Gasteiger partial charge in [-0.1, -0.05) is 54.6 Å². The molecule has 5 heteroatoms. The van der Waals surface area contributed by atoms with Gasteiger partial charge in [-0.2, -0.15) is 0 Å². The van der Waals surface area contributed by atoms with E-state index in [1.807, 2.05) is 30.3 Å². The molecule has 0 unspecified atom stereocenters. The van der Waals surface area contributed by atoms with Crippen molar-refractivity contribution in [2.24, 2.45) is 0 Å². The number of carbonyl (C=O) groups excluding carboxylic acids is 2. The van der Waals surface area contributed by atoms with Gasteiger partial charge in [-0.3, -0.25) is 9.59 Å². The maximum Gasteiger partial charge on any atom is 0.256 e. The largest absolute Gasteiger partial charge is 0.337 e. The van der Waals surface area contributed by atoms with Gasteiger partial charge in [0.15, 0.2) is 0 Å². The van der Waals surface area contributed by atoms with Gasteiger partial charge in [-0.05, 0) is 29.8 Å². The van der Waals surface area contributed by atoms with Crippen molar-refractivity contribution in [2.45, 2.75) is 6.54 Å². The summed E-state index contributed by atoms with van der Waals surface area (Å²) in [5, 5.41) is 2.77. The van der Waals surface area contributed by atoms with E-state index in [0.717, 1.165) is 5.56 Å². The van der Waals surface area contributed by atoms with Crippen molar-refractivity contribution < 1.29 is 14.0 Å². The number of nitrogens with zero attached hydrogens (tertiary/aromatic N) is 1. The van der Waals surface area contributed by atoms with Crippen molar-refractivity contribution in [3.8, 4) is 0 Å². The van der Waals surface area contributed by atoms with E-state index in [1.165, 1.54) is 12.1 Å². The van der Waals surface area contributed by atoms with E-state index in [1.54, 1.807) is 48.3 Å². The third-order valence-electron chi connectivity index (χ3n) is 4.86. The molecule has 0 fully saturated rings.